The number of carboxylic acid groups (broad SMARTS) is 1. The lowest BCUT2D eigenvalue weighted by atomic mass is 9.93. The first-order chi connectivity index (χ1) is 12.7. The van der Waals surface area contributed by atoms with Crippen LogP contribution in [-0.2, 0) is 10.9 Å². The number of esters is 1. The van der Waals surface area contributed by atoms with Crippen LogP contribution < -0.4 is 5.32 Å². The zero-order chi connectivity index (χ0) is 20.0. The molecule has 0 saturated carbocycles. The Morgan fingerprint density at radius 1 is 1.30 bits per heavy atom. The van der Waals surface area contributed by atoms with Gasteiger partial charge in [0.25, 0.3) is 0 Å². The van der Waals surface area contributed by atoms with Crippen molar-refractivity contribution in [2.45, 2.75) is 32.4 Å². The molecule has 1 amide bonds. The Morgan fingerprint density at radius 3 is 2.52 bits per heavy atom. The van der Waals surface area contributed by atoms with E-state index in [4.69, 9.17) is 9.84 Å². The molecule has 150 valence electrons. The summed E-state index contributed by atoms with van der Waals surface area (Å²) in [6.45, 7) is 2.93. The molecule has 0 bridgehead atoms. The standard InChI is InChI=1S/C18H23F3N2O4/c1-2-27-16(24)13-3-4-14(18(19,20)21)15(11-13)22-8-5-12-6-9-23(10-7-12)17(25)26/h3-4,11-12,22H,2,5-10H2,1H3,(H,25,26). The monoisotopic (exact) mass is 388 g/mol. The summed E-state index contributed by atoms with van der Waals surface area (Å²) >= 11 is 0. The molecule has 1 aliphatic heterocycles. The number of ether oxygens (including phenoxy) is 1. The minimum Gasteiger partial charge on any atom is -0.465 e. The van der Waals surface area contributed by atoms with Crippen LogP contribution in [-0.4, -0.2) is 48.3 Å². The molecular weight excluding hydrogens is 365 g/mol. The number of halogens is 3. The number of hydrogen-bond donors (Lipinski definition) is 2. The lowest BCUT2D eigenvalue weighted by Crippen LogP contribution is -2.37. The lowest BCUT2D eigenvalue weighted by Gasteiger charge is -2.30. The van der Waals surface area contributed by atoms with Gasteiger partial charge in [-0.2, -0.15) is 13.2 Å². The van der Waals surface area contributed by atoms with E-state index in [1.807, 2.05) is 0 Å². The maximum Gasteiger partial charge on any atom is 0.418 e. The van der Waals surface area contributed by atoms with Gasteiger partial charge in [-0.3, -0.25) is 0 Å². The van der Waals surface area contributed by atoms with E-state index >= 15 is 0 Å². The number of alkyl halides is 3. The quantitative estimate of drug-likeness (QED) is 0.718. The van der Waals surface area contributed by atoms with Crippen molar-refractivity contribution in [3.05, 3.63) is 29.3 Å². The van der Waals surface area contributed by atoms with Crippen molar-refractivity contribution in [2.75, 3.05) is 31.6 Å². The van der Waals surface area contributed by atoms with Crippen molar-refractivity contribution in [1.29, 1.82) is 0 Å². The molecular formula is C18H23F3N2O4. The number of amides is 1. The number of carbonyl (C=O) groups excluding carboxylic acids is 1. The fourth-order valence-corrected chi connectivity index (χ4v) is 3.10. The number of hydrogen-bond acceptors (Lipinski definition) is 4. The summed E-state index contributed by atoms with van der Waals surface area (Å²) in [6.07, 6.45) is -3.50. The average Bonchev–Trinajstić information content (AvgIpc) is 2.61. The molecule has 0 radical (unpaired) electrons. The van der Waals surface area contributed by atoms with Crippen LogP contribution in [0.15, 0.2) is 18.2 Å². The molecule has 6 nitrogen and oxygen atoms in total. The number of anilines is 1. The van der Waals surface area contributed by atoms with E-state index in [-0.39, 0.29) is 23.8 Å². The summed E-state index contributed by atoms with van der Waals surface area (Å²) in [5.74, 6) is -0.425. The third-order valence-corrected chi connectivity index (χ3v) is 4.59. The normalized spacial score (nSPS) is 15.5. The molecule has 0 aliphatic carbocycles. The topological polar surface area (TPSA) is 78.9 Å². The number of rotatable bonds is 6. The first-order valence-corrected chi connectivity index (χ1v) is 8.82. The van der Waals surface area contributed by atoms with E-state index in [0.717, 1.165) is 18.2 Å². The highest BCUT2D eigenvalue weighted by Gasteiger charge is 2.34. The van der Waals surface area contributed by atoms with Crippen molar-refractivity contribution in [3.8, 4) is 0 Å². The van der Waals surface area contributed by atoms with Crippen LogP contribution in [0.4, 0.5) is 23.7 Å². The summed E-state index contributed by atoms with van der Waals surface area (Å²) in [7, 11) is 0. The second-order valence-electron chi connectivity index (χ2n) is 6.41. The molecule has 0 aromatic heterocycles. The van der Waals surface area contributed by atoms with E-state index in [1.54, 1.807) is 6.92 Å². The van der Waals surface area contributed by atoms with Gasteiger partial charge in [0.15, 0.2) is 0 Å². The molecule has 27 heavy (non-hydrogen) atoms. The van der Waals surface area contributed by atoms with Crippen molar-refractivity contribution >= 4 is 17.7 Å². The Bertz CT molecular complexity index is 671. The van der Waals surface area contributed by atoms with Crippen LogP contribution in [0.25, 0.3) is 0 Å². The second kappa shape index (κ2) is 8.96. The molecule has 0 atom stereocenters. The van der Waals surface area contributed by atoms with Gasteiger partial charge in [0, 0.05) is 25.3 Å². The molecule has 1 aliphatic rings. The van der Waals surface area contributed by atoms with Crippen molar-refractivity contribution in [3.63, 3.8) is 0 Å². The van der Waals surface area contributed by atoms with Crippen molar-refractivity contribution < 1.29 is 32.6 Å². The van der Waals surface area contributed by atoms with Crippen LogP contribution in [0.5, 0.6) is 0 Å². The van der Waals surface area contributed by atoms with Crippen molar-refractivity contribution in [1.82, 2.24) is 4.90 Å². The van der Waals surface area contributed by atoms with Crippen molar-refractivity contribution in [2.24, 2.45) is 5.92 Å². The van der Waals surface area contributed by atoms with Crippen LogP contribution >= 0.6 is 0 Å². The smallest absolute Gasteiger partial charge is 0.418 e. The summed E-state index contributed by atoms with van der Waals surface area (Å²) in [4.78, 5) is 24.0. The van der Waals surface area contributed by atoms with E-state index in [9.17, 15) is 22.8 Å². The number of likely N-dealkylation sites (tertiary alicyclic amines) is 1. The van der Waals surface area contributed by atoms with Crippen LogP contribution in [0.1, 0.15) is 42.1 Å². The molecule has 9 heteroatoms. The first kappa shape index (κ1) is 20.9. The maximum absolute atomic E-state index is 13.2. The van der Waals surface area contributed by atoms with Gasteiger partial charge in [-0.05, 0) is 50.3 Å². The second-order valence-corrected chi connectivity index (χ2v) is 6.41. The van der Waals surface area contributed by atoms with E-state index in [0.29, 0.717) is 38.9 Å². The first-order valence-electron chi connectivity index (χ1n) is 8.82. The van der Waals surface area contributed by atoms with Gasteiger partial charge in [-0.15, -0.1) is 0 Å². The highest BCUT2D eigenvalue weighted by Crippen LogP contribution is 2.35. The molecule has 1 fully saturated rings. The van der Waals surface area contributed by atoms with Crippen LogP contribution in [0.3, 0.4) is 0 Å². The number of carbonyl (C=O) groups is 2. The highest BCUT2D eigenvalue weighted by atomic mass is 19.4. The number of nitrogens with one attached hydrogen (secondary N) is 1. The Labute approximate surface area is 155 Å². The van der Waals surface area contributed by atoms with E-state index in [2.05, 4.69) is 5.32 Å². The van der Waals surface area contributed by atoms with Gasteiger partial charge in [-0.1, -0.05) is 0 Å². The number of piperidine rings is 1. The van der Waals surface area contributed by atoms with Gasteiger partial charge < -0.3 is 20.1 Å². The van der Waals surface area contributed by atoms with E-state index in [1.165, 1.54) is 4.90 Å². The summed E-state index contributed by atoms with van der Waals surface area (Å²) in [5.41, 5.74) is -0.936. The SMILES string of the molecule is CCOC(=O)c1ccc(C(F)(F)F)c(NCCC2CCN(C(=O)O)CC2)c1. The minimum absolute atomic E-state index is 0.0575. The van der Waals surface area contributed by atoms with E-state index < -0.39 is 23.8 Å². The summed E-state index contributed by atoms with van der Waals surface area (Å²) < 4.78 is 44.5. The molecule has 0 spiro atoms. The molecule has 1 saturated heterocycles. The fraction of sp³-hybridized carbons (Fsp3) is 0.556. The van der Waals surface area contributed by atoms with Gasteiger partial charge in [0.05, 0.1) is 17.7 Å². The maximum atomic E-state index is 13.2. The Kier molecular flexibility index (Phi) is 6.92. The van der Waals surface area contributed by atoms with Crippen LogP contribution in [0.2, 0.25) is 0 Å². The van der Waals surface area contributed by atoms with Crippen LogP contribution in [0, 0.1) is 5.92 Å². The molecule has 2 rings (SSSR count). The van der Waals surface area contributed by atoms with Gasteiger partial charge in [0.2, 0.25) is 0 Å². The van der Waals surface area contributed by atoms with Gasteiger partial charge in [0.1, 0.15) is 0 Å². The summed E-state index contributed by atoms with van der Waals surface area (Å²) in [5, 5.41) is 11.7. The number of nitrogens with zero attached hydrogens (tertiary/aromatic N) is 1. The molecule has 1 aromatic rings. The highest BCUT2D eigenvalue weighted by molar-refractivity contribution is 5.91. The molecule has 1 aromatic carbocycles. The summed E-state index contributed by atoms with van der Waals surface area (Å²) in [6, 6.07) is 3.14. The largest absolute Gasteiger partial charge is 0.465 e. The number of benzene rings is 1. The Hall–Kier alpha value is -2.45. The van der Waals surface area contributed by atoms with Gasteiger partial charge in [-0.25, -0.2) is 9.59 Å². The molecule has 2 N–H and O–H groups in total. The third-order valence-electron chi connectivity index (χ3n) is 4.59. The predicted molar refractivity (Wildman–Crippen MR) is 92.8 cm³/mol. The zero-order valence-corrected chi connectivity index (χ0v) is 15.0. The molecule has 1 heterocycles. The zero-order valence-electron chi connectivity index (χ0n) is 15.0. The fourth-order valence-electron chi connectivity index (χ4n) is 3.10. The molecule has 0 unspecified atom stereocenters. The minimum atomic E-state index is -4.54. The van der Waals surface area contributed by atoms with Gasteiger partial charge >= 0.3 is 18.2 Å². The Morgan fingerprint density at radius 2 is 1.96 bits per heavy atom. The third kappa shape index (κ3) is 5.77. The lowest BCUT2D eigenvalue weighted by molar-refractivity contribution is -0.137. The Balaban J connectivity index is 2.00. The average molecular weight is 388 g/mol. The predicted octanol–water partition coefficient (Wildman–Crippen LogP) is 4.07.